The van der Waals surface area contributed by atoms with E-state index in [2.05, 4.69) is 35.6 Å². The maximum atomic E-state index is 6.11. The molecule has 0 saturated heterocycles. The van der Waals surface area contributed by atoms with Gasteiger partial charge in [0, 0.05) is 19.0 Å². The third-order valence-corrected chi connectivity index (χ3v) is 4.19. The molecule has 16 heavy (non-hydrogen) atoms. The Bertz CT molecular complexity index is 304. The second-order valence-electron chi connectivity index (χ2n) is 4.93. The quantitative estimate of drug-likeness (QED) is 0.772. The first-order chi connectivity index (χ1) is 7.85. The highest BCUT2D eigenvalue weighted by Gasteiger charge is 2.32. The van der Waals surface area contributed by atoms with Gasteiger partial charge in [0.2, 0.25) is 0 Å². The first-order valence-corrected chi connectivity index (χ1v) is 6.69. The summed E-state index contributed by atoms with van der Waals surface area (Å²) < 4.78 is 0. The van der Waals surface area contributed by atoms with E-state index in [0.29, 0.717) is 5.41 Å². The normalized spacial score (nSPS) is 18.8. The number of alkyl halides is 1. The average molecular weight is 238 g/mol. The Kier molecular flexibility index (Phi) is 4.25. The lowest BCUT2D eigenvalue weighted by atomic mass is 9.88. The van der Waals surface area contributed by atoms with E-state index in [1.807, 2.05) is 0 Å². The Morgan fingerprint density at radius 1 is 1.12 bits per heavy atom. The molecule has 1 aliphatic rings. The fourth-order valence-corrected chi connectivity index (χ4v) is 2.91. The fourth-order valence-electron chi connectivity index (χ4n) is 2.55. The van der Waals surface area contributed by atoms with Gasteiger partial charge in [0.1, 0.15) is 0 Å². The van der Waals surface area contributed by atoms with Crippen LogP contribution < -0.4 is 5.32 Å². The van der Waals surface area contributed by atoms with Crippen LogP contribution in [-0.2, 0) is 6.54 Å². The van der Waals surface area contributed by atoms with Gasteiger partial charge < -0.3 is 5.32 Å². The largest absolute Gasteiger partial charge is 0.312 e. The van der Waals surface area contributed by atoms with E-state index in [4.69, 9.17) is 11.6 Å². The van der Waals surface area contributed by atoms with Crippen LogP contribution in [0.5, 0.6) is 0 Å². The molecule has 0 unspecified atom stereocenters. The summed E-state index contributed by atoms with van der Waals surface area (Å²) in [4.78, 5) is 0. The highest BCUT2D eigenvalue weighted by molar-refractivity contribution is 6.18. The average Bonchev–Trinajstić information content (AvgIpc) is 2.80. The van der Waals surface area contributed by atoms with Gasteiger partial charge in [-0.3, -0.25) is 0 Å². The number of hydrogen-bond donors (Lipinski definition) is 1. The van der Waals surface area contributed by atoms with Crippen molar-refractivity contribution >= 4 is 11.6 Å². The summed E-state index contributed by atoms with van der Waals surface area (Å²) in [6.07, 6.45) is 5.27. The van der Waals surface area contributed by atoms with Gasteiger partial charge in [0.25, 0.3) is 0 Å². The molecule has 2 heteroatoms. The van der Waals surface area contributed by atoms with Crippen LogP contribution in [0.2, 0.25) is 0 Å². The molecule has 1 aromatic carbocycles. The van der Waals surface area contributed by atoms with E-state index in [9.17, 15) is 0 Å². The van der Waals surface area contributed by atoms with E-state index >= 15 is 0 Å². The molecule has 0 radical (unpaired) electrons. The van der Waals surface area contributed by atoms with Crippen molar-refractivity contribution in [3.8, 4) is 0 Å². The van der Waals surface area contributed by atoms with Crippen LogP contribution in [-0.4, -0.2) is 12.4 Å². The zero-order chi connectivity index (χ0) is 11.3. The Morgan fingerprint density at radius 2 is 1.81 bits per heavy atom. The van der Waals surface area contributed by atoms with Crippen molar-refractivity contribution in [3.63, 3.8) is 0 Å². The predicted molar refractivity (Wildman–Crippen MR) is 69.8 cm³/mol. The lowest BCUT2D eigenvalue weighted by molar-refractivity contribution is 0.320. The van der Waals surface area contributed by atoms with Crippen LogP contribution in [0.25, 0.3) is 0 Å². The monoisotopic (exact) mass is 237 g/mol. The smallest absolute Gasteiger partial charge is 0.0292 e. The molecule has 0 heterocycles. The zero-order valence-corrected chi connectivity index (χ0v) is 10.5. The van der Waals surface area contributed by atoms with Gasteiger partial charge >= 0.3 is 0 Å². The van der Waals surface area contributed by atoms with Crippen LogP contribution in [0, 0.1) is 5.41 Å². The maximum Gasteiger partial charge on any atom is 0.0292 e. The van der Waals surface area contributed by atoms with Crippen molar-refractivity contribution in [2.24, 2.45) is 5.41 Å². The molecule has 0 aromatic heterocycles. The van der Waals surface area contributed by atoms with Crippen molar-refractivity contribution in [3.05, 3.63) is 35.9 Å². The van der Waals surface area contributed by atoms with Gasteiger partial charge in [-0.25, -0.2) is 0 Å². The molecule has 0 aliphatic heterocycles. The van der Waals surface area contributed by atoms with Crippen molar-refractivity contribution in [1.82, 2.24) is 5.32 Å². The van der Waals surface area contributed by atoms with Crippen LogP contribution in [0.4, 0.5) is 0 Å². The van der Waals surface area contributed by atoms with E-state index in [1.165, 1.54) is 31.2 Å². The van der Waals surface area contributed by atoms with Gasteiger partial charge in [-0.2, -0.15) is 0 Å². The van der Waals surface area contributed by atoms with Crippen molar-refractivity contribution in [2.75, 3.05) is 12.4 Å². The standard InChI is InChI=1S/C14H20ClN/c15-11-14(8-4-5-9-14)12-16-10-13-6-2-1-3-7-13/h1-3,6-7,16H,4-5,8-12H2. The zero-order valence-electron chi connectivity index (χ0n) is 9.71. The minimum absolute atomic E-state index is 0.371. The van der Waals surface area contributed by atoms with E-state index in [0.717, 1.165) is 19.0 Å². The van der Waals surface area contributed by atoms with Gasteiger partial charge in [-0.1, -0.05) is 43.2 Å². The molecular formula is C14H20ClN. The molecule has 1 N–H and O–H groups in total. The Hall–Kier alpha value is -0.530. The Balaban J connectivity index is 1.79. The molecule has 1 saturated carbocycles. The maximum absolute atomic E-state index is 6.11. The van der Waals surface area contributed by atoms with Crippen molar-refractivity contribution in [1.29, 1.82) is 0 Å². The summed E-state index contributed by atoms with van der Waals surface area (Å²) in [5, 5.41) is 3.55. The first-order valence-electron chi connectivity index (χ1n) is 6.15. The number of benzene rings is 1. The van der Waals surface area contributed by atoms with Crippen LogP contribution >= 0.6 is 11.6 Å². The van der Waals surface area contributed by atoms with Crippen LogP contribution in [0.15, 0.2) is 30.3 Å². The summed E-state index contributed by atoms with van der Waals surface area (Å²) in [5.74, 6) is 0.800. The highest BCUT2D eigenvalue weighted by atomic mass is 35.5. The predicted octanol–water partition coefficient (Wildman–Crippen LogP) is 3.58. The number of hydrogen-bond acceptors (Lipinski definition) is 1. The lowest BCUT2D eigenvalue weighted by Gasteiger charge is -2.26. The molecule has 1 aliphatic carbocycles. The molecule has 1 aromatic rings. The topological polar surface area (TPSA) is 12.0 Å². The lowest BCUT2D eigenvalue weighted by Crippen LogP contribution is -2.33. The molecule has 88 valence electrons. The third-order valence-electron chi connectivity index (χ3n) is 3.62. The second kappa shape index (κ2) is 5.70. The Labute approximate surface area is 103 Å². The molecule has 0 atom stereocenters. The third kappa shape index (κ3) is 2.99. The molecular weight excluding hydrogens is 218 g/mol. The minimum atomic E-state index is 0.371. The molecule has 2 rings (SSSR count). The molecule has 0 bridgehead atoms. The van der Waals surface area contributed by atoms with Gasteiger partial charge in [0.15, 0.2) is 0 Å². The van der Waals surface area contributed by atoms with Gasteiger partial charge in [-0.15, -0.1) is 11.6 Å². The van der Waals surface area contributed by atoms with E-state index in [1.54, 1.807) is 0 Å². The highest BCUT2D eigenvalue weighted by Crippen LogP contribution is 2.38. The second-order valence-corrected chi connectivity index (χ2v) is 5.20. The van der Waals surface area contributed by atoms with Crippen LogP contribution in [0.3, 0.4) is 0 Å². The number of halogens is 1. The number of nitrogens with one attached hydrogen (secondary N) is 1. The van der Waals surface area contributed by atoms with Gasteiger partial charge in [-0.05, 0) is 23.8 Å². The fraction of sp³-hybridized carbons (Fsp3) is 0.571. The molecule has 0 spiro atoms. The SMILES string of the molecule is ClCC1(CNCc2ccccc2)CCCC1. The molecule has 0 amide bonds. The summed E-state index contributed by atoms with van der Waals surface area (Å²) in [6, 6.07) is 10.6. The molecule has 1 fully saturated rings. The summed E-state index contributed by atoms with van der Waals surface area (Å²) in [7, 11) is 0. The van der Waals surface area contributed by atoms with Crippen molar-refractivity contribution in [2.45, 2.75) is 32.2 Å². The minimum Gasteiger partial charge on any atom is -0.312 e. The van der Waals surface area contributed by atoms with E-state index < -0.39 is 0 Å². The first kappa shape index (κ1) is 11.9. The number of rotatable bonds is 5. The molecule has 1 nitrogen and oxygen atoms in total. The summed E-state index contributed by atoms with van der Waals surface area (Å²) >= 11 is 6.11. The van der Waals surface area contributed by atoms with E-state index in [-0.39, 0.29) is 0 Å². The Morgan fingerprint density at radius 3 is 2.44 bits per heavy atom. The van der Waals surface area contributed by atoms with Crippen LogP contribution in [0.1, 0.15) is 31.2 Å². The van der Waals surface area contributed by atoms with Crippen molar-refractivity contribution < 1.29 is 0 Å². The summed E-state index contributed by atoms with van der Waals surface area (Å²) in [5.41, 5.74) is 1.72. The summed E-state index contributed by atoms with van der Waals surface area (Å²) in [6.45, 7) is 2.02. The van der Waals surface area contributed by atoms with Gasteiger partial charge in [0.05, 0.1) is 0 Å².